The van der Waals surface area contributed by atoms with Gasteiger partial charge in [-0.25, -0.2) is 4.39 Å². The van der Waals surface area contributed by atoms with Crippen molar-refractivity contribution in [1.29, 1.82) is 0 Å². The number of hydrogen-bond donors (Lipinski definition) is 0. The van der Waals surface area contributed by atoms with Gasteiger partial charge in [0.05, 0.1) is 13.2 Å². The monoisotopic (exact) mass is 230 g/mol. The maximum Gasteiger partial charge on any atom is 0.304 e. The van der Waals surface area contributed by atoms with Crippen molar-refractivity contribution < 1.29 is 17.0 Å². The molecule has 0 spiro atoms. The summed E-state index contributed by atoms with van der Waals surface area (Å²) >= 11 is -1.64. The first-order valence-corrected chi connectivity index (χ1v) is 5.61. The van der Waals surface area contributed by atoms with Gasteiger partial charge in [-0.1, -0.05) is 12.1 Å². The van der Waals surface area contributed by atoms with Crippen LogP contribution in [0.15, 0.2) is 18.2 Å². The molecule has 82 valence electrons. The van der Waals surface area contributed by atoms with Crippen LogP contribution >= 0.6 is 0 Å². The number of hydrogen-bond acceptors (Lipinski definition) is 3. The lowest BCUT2D eigenvalue weighted by molar-refractivity contribution is 0.160. The molecule has 0 aliphatic carbocycles. The number of aryl methyl sites for hydroxylation is 1. The van der Waals surface area contributed by atoms with Crippen LogP contribution < -0.4 is 0 Å². The smallest absolute Gasteiger partial charge is 0.268 e. The van der Waals surface area contributed by atoms with E-state index in [4.69, 9.17) is 8.37 Å². The molecule has 15 heavy (non-hydrogen) atoms. The molecule has 1 heterocycles. The highest BCUT2D eigenvalue weighted by molar-refractivity contribution is 7.75. The van der Waals surface area contributed by atoms with Gasteiger partial charge in [0.1, 0.15) is 5.82 Å². The standard InChI is InChI=1S/C10H11FO3S/c1-7-2-3-8(4-10(7)11)9-5-13-15(12)14-6-9/h2-4,9H,5-6H2,1H3. The van der Waals surface area contributed by atoms with Crippen molar-refractivity contribution in [3.63, 3.8) is 0 Å². The first-order valence-electron chi connectivity index (χ1n) is 4.61. The Morgan fingerprint density at radius 3 is 2.67 bits per heavy atom. The Morgan fingerprint density at radius 2 is 2.07 bits per heavy atom. The first-order chi connectivity index (χ1) is 7.16. The minimum absolute atomic E-state index is 0.0437. The molecule has 0 unspecified atom stereocenters. The van der Waals surface area contributed by atoms with Gasteiger partial charge in [0.15, 0.2) is 0 Å². The highest BCUT2D eigenvalue weighted by Crippen LogP contribution is 2.23. The molecule has 0 N–H and O–H groups in total. The van der Waals surface area contributed by atoms with E-state index in [1.807, 2.05) is 6.07 Å². The molecule has 0 bridgehead atoms. The topological polar surface area (TPSA) is 35.5 Å². The molecule has 1 aliphatic rings. The van der Waals surface area contributed by atoms with E-state index in [9.17, 15) is 8.60 Å². The van der Waals surface area contributed by atoms with E-state index in [2.05, 4.69) is 0 Å². The third-order valence-electron chi connectivity index (χ3n) is 2.40. The highest BCUT2D eigenvalue weighted by atomic mass is 32.2. The molecule has 5 heteroatoms. The van der Waals surface area contributed by atoms with Crippen molar-refractivity contribution in [3.8, 4) is 0 Å². The van der Waals surface area contributed by atoms with E-state index in [1.165, 1.54) is 6.07 Å². The molecule has 0 amide bonds. The lowest BCUT2D eigenvalue weighted by Crippen LogP contribution is -2.23. The molecule has 0 saturated carbocycles. The zero-order valence-electron chi connectivity index (χ0n) is 8.23. The summed E-state index contributed by atoms with van der Waals surface area (Å²) < 4.78 is 33.7. The molecule has 2 rings (SSSR count). The first kappa shape index (κ1) is 10.7. The van der Waals surface area contributed by atoms with Gasteiger partial charge in [-0.05, 0) is 24.1 Å². The molecule has 1 saturated heterocycles. The van der Waals surface area contributed by atoms with Crippen LogP contribution in [-0.2, 0) is 19.7 Å². The third-order valence-corrected chi connectivity index (χ3v) is 3.06. The van der Waals surface area contributed by atoms with E-state index in [0.717, 1.165) is 5.56 Å². The summed E-state index contributed by atoms with van der Waals surface area (Å²) in [6, 6.07) is 5.03. The van der Waals surface area contributed by atoms with Gasteiger partial charge >= 0.3 is 11.4 Å². The second-order valence-corrected chi connectivity index (χ2v) is 4.36. The van der Waals surface area contributed by atoms with Crippen molar-refractivity contribution in [2.45, 2.75) is 12.8 Å². The predicted molar refractivity (Wildman–Crippen MR) is 53.9 cm³/mol. The van der Waals surface area contributed by atoms with E-state index in [-0.39, 0.29) is 11.7 Å². The van der Waals surface area contributed by atoms with E-state index < -0.39 is 11.4 Å². The number of benzene rings is 1. The Hall–Kier alpha value is -0.780. The van der Waals surface area contributed by atoms with Crippen molar-refractivity contribution in [1.82, 2.24) is 0 Å². The molecule has 1 aliphatic heterocycles. The maximum atomic E-state index is 13.3. The molecule has 1 fully saturated rings. The zero-order valence-corrected chi connectivity index (χ0v) is 9.05. The fourth-order valence-corrected chi connectivity index (χ4v) is 2.03. The van der Waals surface area contributed by atoms with E-state index in [1.54, 1.807) is 13.0 Å². The van der Waals surface area contributed by atoms with Crippen LogP contribution in [0.4, 0.5) is 4.39 Å². The minimum Gasteiger partial charge on any atom is -0.268 e. The molecular weight excluding hydrogens is 219 g/mol. The van der Waals surface area contributed by atoms with Crippen LogP contribution in [0.3, 0.4) is 0 Å². The van der Waals surface area contributed by atoms with Gasteiger partial charge in [0, 0.05) is 5.92 Å². The summed E-state index contributed by atoms with van der Waals surface area (Å²) in [6.07, 6.45) is 0. The van der Waals surface area contributed by atoms with Gasteiger partial charge in [-0.2, -0.15) is 4.21 Å². The van der Waals surface area contributed by atoms with Crippen molar-refractivity contribution in [2.24, 2.45) is 0 Å². The average molecular weight is 230 g/mol. The zero-order chi connectivity index (χ0) is 10.8. The fraction of sp³-hybridized carbons (Fsp3) is 0.400. The van der Waals surface area contributed by atoms with Crippen LogP contribution in [0.25, 0.3) is 0 Å². The number of rotatable bonds is 1. The Bertz CT molecular complexity index is 384. The van der Waals surface area contributed by atoms with Gasteiger partial charge in [0.2, 0.25) is 0 Å². The molecule has 1 aromatic carbocycles. The third kappa shape index (κ3) is 2.42. The lowest BCUT2D eigenvalue weighted by Gasteiger charge is -2.21. The largest absolute Gasteiger partial charge is 0.304 e. The minimum atomic E-state index is -1.64. The Balaban J connectivity index is 2.16. The van der Waals surface area contributed by atoms with Crippen molar-refractivity contribution in [2.75, 3.05) is 13.2 Å². The van der Waals surface area contributed by atoms with Crippen LogP contribution in [0.2, 0.25) is 0 Å². The van der Waals surface area contributed by atoms with E-state index >= 15 is 0 Å². The van der Waals surface area contributed by atoms with Crippen LogP contribution in [0.5, 0.6) is 0 Å². The SMILES string of the molecule is Cc1ccc(C2COS(=O)OC2)cc1F. The van der Waals surface area contributed by atoms with E-state index in [0.29, 0.717) is 18.8 Å². The quantitative estimate of drug-likeness (QED) is 0.738. The summed E-state index contributed by atoms with van der Waals surface area (Å²) in [7, 11) is 0. The van der Waals surface area contributed by atoms with Crippen LogP contribution in [0, 0.1) is 12.7 Å². The molecule has 1 aromatic rings. The Morgan fingerprint density at radius 1 is 1.40 bits per heavy atom. The predicted octanol–water partition coefficient (Wildman–Crippen LogP) is 1.84. The summed E-state index contributed by atoms with van der Waals surface area (Å²) in [6.45, 7) is 2.31. The normalized spacial score (nSPS) is 26.5. The van der Waals surface area contributed by atoms with Crippen LogP contribution in [-0.4, -0.2) is 17.4 Å². The van der Waals surface area contributed by atoms with Crippen molar-refractivity contribution >= 4 is 11.4 Å². The van der Waals surface area contributed by atoms with Gasteiger partial charge in [0.25, 0.3) is 0 Å². The molecule has 0 atom stereocenters. The molecule has 0 radical (unpaired) electrons. The summed E-state index contributed by atoms with van der Waals surface area (Å²) in [5, 5.41) is 0. The Labute approximate surface area is 90.1 Å². The summed E-state index contributed by atoms with van der Waals surface area (Å²) in [5.41, 5.74) is 1.43. The fourth-order valence-electron chi connectivity index (χ4n) is 1.41. The second-order valence-electron chi connectivity index (χ2n) is 3.48. The van der Waals surface area contributed by atoms with Crippen molar-refractivity contribution in [3.05, 3.63) is 35.1 Å². The second kappa shape index (κ2) is 4.38. The van der Waals surface area contributed by atoms with Gasteiger partial charge < -0.3 is 0 Å². The summed E-state index contributed by atoms with van der Waals surface area (Å²) in [4.78, 5) is 0. The summed E-state index contributed by atoms with van der Waals surface area (Å²) in [5.74, 6) is -0.281. The average Bonchev–Trinajstić information content (AvgIpc) is 2.23. The maximum absolute atomic E-state index is 13.3. The Kier molecular flexibility index (Phi) is 3.14. The molecular formula is C10H11FO3S. The van der Waals surface area contributed by atoms with Gasteiger partial charge in [-0.3, -0.25) is 8.37 Å². The van der Waals surface area contributed by atoms with Crippen LogP contribution in [0.1, 0.15) is 17.0 Å². The number of halogens is 1. The highest BCUT2D eigenvalue weighted by Gasteiger charge is 2.21. The molecule has 0 aromatic heterocycles. The lowest BCUT2D eigenvalue weighted by atomic mass is 9.99. The molecule has 3 nitrogen and oxygen atoms in total. The van der Waals surface area contributed by atoms with Gasteiger partial charge in [-0.15, -0.1) is 0 Å².